The zero-order valence-corrected chi connectivity index (χ0v) is 36.4. The fourth-order valence-corrected chi connectivity index (χ4v) is 6.95. The number of unbranched alkanes of at least 4 members (excludes halogenated alkanes) is 22. The Hall–Kier alpha value is -0.930. The first-order valence-electron chi connectivity index (χ1n) is 23.1. The molecule has 0 aromatic carbocycles. The normalized spacial score (nSPS) is 13.4. The molecule has 0 bridgehead atoms. The van der Waals surface area contributed by atoms with Crippen LogP contribution in [0, 0.1) is 5.92 Å². The van der Waals surface area contributed by atoms with E-state index < -0.39 is 0 Å². The summed E-state index contributed by atoms with van der Waals surface area (Å²) in [5.41, 5.74) is 2.63. The summed E-state index contributed by atoms with van der Waals surface area (Å²) in [5, 5.41) is 10.4. The molecule has 3 heteroatoms. The largest absolute Gasteiger partial charge is 0.392 e. The molecule has 3 nitrogen and oxygen atoms in total. The third kappa shape index (κ3) is 41.7. The van der Waals surface area contributed by atoms with E-state index >= 15 is 0 Å². The molecule has 1 N–H and O–H groups in total. The Balaban J connectivity index is 0. The minimum absolute atomic E-state index is 0.119. The quantitative estimate of drug-likeness (QED) is 0.0523. The van der Waals surface area contributed by atoms with Gasteiger partial charge in [-0.1, -0.05) is 213 Å². The molecule has 0 aromatic heterocycles. The number of nitrogens with zero attached hydrogens (tertiary/aromatic N) is 2. The zero-order valence-electron chi connectivity index (χ0n) is 36.4. The molecule has 0 radical (unpaired) electrons. The van der Waals surface area contributed by atoms with E-state index in [0.29, 0.717) is 0 Å². The van der Waals surface area contributed by atoms with Crippen LogP contribution in [-0.4, -0.2) is 41.5 Å². The summed E-state index contributed by atoms with van der Waals surface area (Å²) in [4.78, 5) is 6.50. The Morgan fingerprint density at radius 3 is 1.33 bits per heavy atom. The van der Waals surface area contributed by atoms with Crippen molar-refractivity contribution in [1.82, 2.24) is 4.90 Å². The van der Waals surface area contributed by atoms with Crippen molar-refractivity contribution in [2.45, 2.75) is 254 Å². The minimum Gasteiger partial charge on any atom is -0.392 e. The summed E-state index contributed by atoms with van der Waals surface area (Å²) in [6, 6.07) is 0. The van der Waals surface area contributed by atoms with Crippen LogP contribution in [0.3, 0.4) is 0 Å². The van der Waals surface area contributed by atoms with Crippen LogP contribution in [0.2, 0.25) is 0 Å². The molecule has 0 fully saturated rings. The van der Waals surface area contributed by atoms with Crippen molar-refractivity contribution in [1.29, 1.82) is 0 Å². The third-order valence-electron chi connectivity index (χ3n) is 10.6. The molecule has 0 saturated carbocycles. The van der Waals surface area contributed by atoms with Crippen molar-refractivity contribution in [2.75, 3.05) is 19.6 Å². The molecule has 0 amide bonds. The van der Waals surface area contributed by atoms with Crippen LogP contribution in [0.1, 0.15) is 248 Å². The van der Waals surface area contributed by atoms with Crippen LogP contribution in [0.5, 0.6) is 0 Å². The van der Waals surface area contributed by atoms with Gasteiger partial charge < -0.3 is 10.0 Å². The maximum Gasteiger partial charge on any atom is 0.0667 e. The predicted octanol–water partition coefficient (Wildman–Crippen LogP) is 16.0. The number of rotatable bonds is 35. The van der Waals surface area contributed by atoms with E-state index in [1.165, 1.54) is 211 Å². The number of aliphatic imine (C=N–C) groups is 1. The van der Waals surface area contributed by atoms with Crippen molar-refractivity contribution < 1.29 is 5.11 Å². The van der Waals surface area contributed by atoms with Crippen molar-refractivity contribution in [3.05, 3.63) is 24.4 Å². The Kier molecular flexibility index (Phi) is 44.5. The molecule has 304 valence electrons. The number of aliphatic hydroxyl groups is 1. The molecule has 1 aliphatic rings. The van der Waals surface area contributed by atoms with Gasteiger partial charge in [-0.05, 0) is 65.0 Å². The second-order valence-electron chi connectivity index (χ2n) is 16.1. The van der Waals surface area contributed by atoms with Crippen molar-refractivity contribution in [3.8, 4) is 0 Å². The predicted molar refractivity (Wildman–Crippen MR) is 234 cm³/mol. The Bertz CT molecular complexity index is 744. The average Bonchev–Trinajstić information content (AvgIpc) is 3.61. The van der Waals surface area contributed by atoms with Crippen LogP contribution in [0.25, 0.3) is 0 Å². The smallest absolute Gasteiger partial charge is 0.0667 e. The summed E-state index contributed by atoms with van der Waals surface area (Å²) in [7, 11) is 0. The van der Waals surface area contributed by atoms with Gasteiger partial charge in [0.1, 0.15) is 0 Å². The topological polar surface area (TPSA) is 35.8 Å². The molecule has 0 spiro atoms. The van der Waals surface area contributed by atoms with Gasteiger partial charge >= 0.3 is 0 Å². The van der Waals surface area contributed by atoms with E-state index in [0.717, 1.165) is 25.3 Å². The monoisotopic (exact) mass is 717 g/mol. The maximum atomic E-state index is 10.4. The lowest BCUT2D eigenvalue weighted by Crippen LogP contribution is -2.34. The van der Waals surface area contributed by atoms with Crippen LogP contribution in [-0.2, 0) is 0 Å². The average molecular weight is 717 g/mol. The van der Waals surface area contributed by atoms with Gasteiger partial charge in [0, 0.05) is 24.9 Å². The summed E-state index contributed by atoms with van der Waals surface area (Å²) >= 11 is 0. The molecule has 1 heterocycles. The van der Waals surface area contributed by atoms with Gasteiger partial charge in [0.2, 0.25) is 0 Å². The molecule has 1 rings (SSSR count). The molecule has 1 aliphatic heterocycles. The van der Waals surface area contributed by atoms with Crippen LogP contribution in [0.4, 0.5) is 0 Å². The highest BCUT2D eigenvalue weighted by molar-refractivity contribution is 5.85. The van der Waals surface area contributed by atoms with E-state index in [-0.39, 0.29) is 6.10 Å². The molecular weight excluding hydrogens is 621 g/mol. The van der Waals surface area contributed by atoms with Gasteiger partial charge in [0.05, 0.1) is 6.10 Å². The molecule has 0 saturated heterocycles. The Labute approximate surface area is 323 Å². The highest BCUT2D eigenvalue weighted by atomic mass is 16.3. The van der Waals surface area contributed by atoms with E-state index in [1.807, 2.05) is 13.1 Å². The highest BCUT2D eigenvalue weighted by Gasteiger charge is 2.11. The fraction of sp³-hybridized carbons (Fsp3) is 0.896. The first kappa shape index (κ1) is 52.2. The van der Waals surface area contributed by atoms with Crippen LogP contribution in [0.15, 0.2) is 29.4 Å². The van der Waals surface area contributed by atoms with E-state index in [1.54, 1.807) is 0 Å². The number of allylic oxidation sites excluding steroid dienone is 2. The second-order valence-corrected chi connectivity index (χ2v) is 16.1. The van der Waals surface area contributed by atoms with Gasteiger partial charge in [-0.25, -0.2) is 0 Å². The number of aliphatic hydroxyl groups excluding tert-OH is 1. The molecule has 2 atom stereocenters. The lowest BCUT2D eigenvalue weighted by molar-refractivity contribution is 0.101. The third-order valence-corrected chi connectivity index (χ3v) is 10.6. The van der Waals surface area contributed by atoms with Crippen LogP contribution >= 0.6 is 0 Å². The molecule has 2 unspecified atom stereocenters. The maximum absolute atomic E-state index is 10.4. The number of hydrogen-bond donors (Lipinski definition) is 1. The van der Waals surface area contributed by atoms with E-state index in [9.17, 15) is 5.11 Å². The van der Waals surface area contributed by atoms with Gasteiger partial charge in [0.25, 0.3) is 0 Å². The molecule has 0 aromatic rings. The van der Waals surface area contributed by atoms with Crippen molar-refractivity contribution in [3.63, 3.8) is 0 Å². The van der Waals surface area contributed by atoms with Gasteiger partial charge in [-0.15, -0.1) is 0 Å². The first-order chi connectivity index (χ1) is 24.9. The Morgan fingerprint density at radius 1 is 0.588 bits per heavy atom. The summed E-state index contributed by atoms with van der Waals surface area (Å²) in [5.74, 6) is 0.799. The summed E-state index contributed by atoms with van der Waals surface area (Å²) in [6.45, 7) is 23.1. The minimum atomic E-state index is -0.119. The Morgan fingerprint density at radius 2 is 0.961 bits per heavy atom. The van der Waals surface area contributed by atoms with E-state index in [2.05, 4.69) is 64.1 Å². The van der Waals surface area contributed by atoms with Gasteiger partial charge in [-0.3, -0.25) is 4.99 Å². The standard InChI is InChI=1S/C25H53NO.C18H36.C5H7N/c1-4-7-10-12-13-14-15-16-17-19-21-25(27)24-26(22-9-6-3)23-20-18-11-8-5-2;1-5-7-9-11-12-14-16-18(17(3)4)15-13-10-8-6-2;1-5-3-2-4-6-5/h25,27H,4-24H2,1-3H3;18H,3,5-16H2,1-2,4H3;2,4H,3H2,1H3. The zero-order chi connectivity index (χ0) is 38.0. The first-order valence-corrected chi connectivity index (χ1v) is 23.1. The lowest BCUT2D eigenvalue weighted by atomic mass is 9.89. The van der Waals surface area contributed by atoms with Crippen LogP contribution < -0.4 is 0 Å². The summed E-state index contributed by atoms with van der Waals surface area (Å²) in [6.07, 6.45) is 45.6. The second kappa shape index (κ2) is 43.5. The summed E-state index contributed by atoms with van der Waals surface area (Å²) < 4.78 is 0. The van der Waals surface area contributed by atoms with Gasteiger partial charge in [0.15, 0.2) is 0 Å². The fourth-order valence-electron chi connectivity index (χ4n) is 6.95. The molecule has 51 heavy (non-hydrogen) atoms. The van der Waals surface area contributed by atoms with Gasteiger partial charge in [-0.2, -0.15) is 0 Å². The van der Waals surface area contributed by atoms with Crippen molar-refractivity contribution >= 4 is 5.71 Å². The molecule has 0 aliphatic carbocycles. The highest BCUT2D eigenvalue weighted by Crippen LogP contribution is 2.24. The molecular formula is C48H96N2O. The van der Waals surface area contributed by atoms with E-state index in [4.69, 9.17) is 0 Å². The lowest BCUT2D eigenvalue weighted by Gasteiger charge is -2.25. The SMILES string of the molecule is C=C(C)C(CCCCCC)CCCCCCCC.CC1=NC=CC1.CCCCCCCCCCCCC(O)CN(CCCC)CCCCCCC. The number of hydrogen-bond acceptors (Lipinski definition) is 3. The van der Waals surface area contributed by atoms with Crippen molar-refractivity contribution in [2.24, 2.45) is 10.9 Å².